The molecule has 0 spiro atoms. The van der Waals surface area contributed by atoms with Gasteiger partial charge in [-0.25, -0.2) is 0 Å². The molecule has 1 atom stereocenters. The third-order valence-corrected chi connectivity index (χ3v) is 4.05. The quantitative estimate of drug-likeness (QED) is 0.720. The van der Waals surface area contributed by atoms with Crippen LogP contribution in [0.15, 0.2) is 36.4 Å². The molecule has 2 aromatic rings. The molecule has 0 aromatic heterocycles. The van der Waals surface area contributed by atoms with Crippen molar-refractivity contribution in [3.63, 3.8) is 0 Å². The molecule has 1 nitrogen and oxygen atoms in total. The average molecular weight is 365 g/mol. The third-order valence-electron chi connectivity index (χ3n) is 3.38. The van der Waals surface area contributed by atoms with Crippen LogP contribution in [0.1, 0.15) is 35.2 Å². The fourth-order valence-electron chi connectivity index (χ4n) is 2.77. The highest BCUT2D eigenvalue weighted by Crippen LogP contribution is 2.26. The van der Waals surface area contributed by atoms with Gasteiger partial charge in [0.15, 0.2) is 0 Å². The summed E-state index contributed by atoms with van der Waals surface area (Å²) in [4.78, 5) is 0. The van der Waals surface area contributed by atoms with Gasteiger partial charge in [0.05, 0.1) is 0 Å². The molecule has 1 unspecified atom stereocenters. The Hall–Kier alpha value is -1.03. The minimum absolute atomic E-state index is 0.318. The lowest BCUT2D eigenvalue weighted by Gasteiger charge is -2.21. The summed E-state index contributed by atoms with van der Waals surface area (Å²) in [7, 11) is 0. The molecule has 0 saturated heterocycles. The first-order valence-electron chi connectivity index (χ1n) is 6.57. The lowest BCUT2D eigenvalue weighted by Crippen LogP contribution is -2.10. The van der Waals surface area contributed by atoms with Crippen LogP contribution in [0.2, 0.25) is 0 Å². The number of aryl methyl sites for hydroxylation is 3. The molecule has 2 heteroatoms. The molecule has 0 aliphatic carbocycles. The van der Waals surface area contributed by atoms with Crippen LogP contribution >= 0.6 is 22.6 Å². The predicted molar refractivity (Wildman–Crippen MR) is 91.8 cm³/mol. The number of rotatable bonds is 3. The molecule has 0 aliphatic heterocycles. The molecule has 0 fully saturated rings. The van der Waals surface area contributed by atoms with Crippen molar-refractivity contribution in [2.75, 3.05) is 5.32 Å². The maximum atomic E-state index is 3.60. The molecule has 0 bridgehead atoms. The van der Waals surface area contributed by atoms with Crippen LogP contribution in [0.25, 0.3) is 0 Å². The van der Waals surface area contributed by atoms with Crippen LogP contribution in [0.5, 0.6) is 0 Å². The monoisotopic (exact) mass is 365 g/mol. The summed E-state index contributed by atoms with van der Waals surface area (Å²) in [5.74, 6) is 0. The van der Waals surface area contributed by atoms with Crippen LogP contribution in [0.3, 0.4) is 0 Å². The molecule has 100 valence electrons. The van der Waals surface area contributed by atoms with Crippen LogP contribution in [-0.4, -0.2) is 0 Å². The van der Waals surface area contributed by atoms with Gasteiger partial charge in [0, 0.05) is 15.3 Å². The first kappa shape index (κ1) is 14.4. The Morgan fingerprint density at radius 3 is 2.21 bits per heavy atom. The molecule has 2 rings (SSSR count). The van der Waals surface area contributed by atoms with Crippen LogP contribution in [0.4, 0.5) is 5.69 Å². The van der Waals surface area contributed by atoms with Crippen LogP contribution in [0, 0.1) is 24.3 Å². The number of halogens is 1. The van der Waals surface area contributed by atoms with Gasteiger partial charge in [0.25, 0.3) is 0 Å². The highest BCUT2D eigenvalue weighted by molar-refractivity contribution is 14.1. The standard InChI is InChI=1S/C17H20IN/c1-11-8-12(2)17(13(3)9-11)14(4)19-16-7-5-6-15(18)10-16/h5-10,14,19H,1-4H3. The summed E-state index contributed by atoms with van der Waals surface area (Å²) in [6.07, 6.45) is 0. The van der Waals surface area contributed by atoms with Crippen molar-refractivity contribution in [2.24, 2.45) is 0 Å². The Labute approximate surface area is 129 Å². The van der Waals surface area contributed by atoms with Gasteiger partial charge in [-0.2, -0.15) is 0 Å². The van der Waals surface area contributed by atoms with E-state index in [0.717, 1.165) is 0 Å². The largest absolute Gasteiger partial charge is 0.378 e. The minimum Gasteiger partial charge on any atom is -0.378 e. The molecule has 0 amide bonds. The first-order chi connectivity index (χ1) is 8.97. The Kier molecular flexibility index (Phi) is 4.50. The van der Waals surface area contributed by atoms with E-state index in [1.54, 1.807) is 0 Å². The van der Waals surface area contributed by atoms with Crippen molar-refractivity contribution >= 4 is 28.3 Å². The van der Waals surface area contributed by atoms with Gasteiger partial charge in [0.2, 0.25) is 0 Å². The van der Waals surface area contributed by atoms with Crippen molar-refractivity contribution in [1.29, 1.82) is 0 Å². The van der Waals surface area contributed by atoms with Gasteiger partial charge in [-0.1, -0.05) is 23.8 Å². The Morgan fingerprint density at radius 2 is 1.63 bits per heavy atom. The lowest BCUT2D eigenvalue weighted by molar-refractivity contribution is 0.862. The molecule has 0 radical (unpaired) electrons. The summed E-state index contributed by atoms with van der Waals surface area (Å²) in [5, 5.41) is 3.60. The van der Waals surface area contributed by atoms with Gasteiger partial charge in [-0.15, -0.1) is 0 Å². The maximum Gasteiger partial charge on any atom is 0.0490 e. The second-order valence-corrected chi connectivity index (χ2v) is 6.43. The zero-order valence-corrected chi connectivity index (χ0v) is 14.1. The molecule has 2 aromatic carbocycles. The summed E-state index contributed by atoms with van der Waals surface area (Å²) < 4.78 is 1.26. The van der Waals surface area contributed by atoms with Gasteiger partial charge >= 0.3 is 0 Å². The van der Waals surface area contributed by atoms with E-state index in [4.69, 9.17) is 0 Å². The van der Waals surface area contributed by atoms with Crippen LogP contribution in [-0.2, 0) is 0 Å². The summed E-state index contributed by atoms with van der Waals surface area (Å²) in [6, 6.07) is 13.3. The summed E-state index contributed by atoms with van der Waals surface area (Å²) in [6.45, 7) is 8.77. The van der Waals surface area contributed by atoms with E-state index in [2.05, 4.69) is 92.0 Å². The predicted octanol–water partition coefficient (Wildman–Crippen LogP) is 5.39. The normalized spacial score (nSPS) is 12.3. The van der Waals surface area contributed by atoms with Crippen molar-refractivity contribution in [2.45, 2.75) is 33.7 Å². The second kappa shape index (κ2) is 5.95. The Bertz CT molecular complexity index is 567. The summed E-state index contributed by atoms with van der Waals surface area (Å²) in [5.41, 5.74) is 6.65. The van der Waals surface area contributed by atoms with E-state index in [9.17, 15) is 0 Å². The molecular formula is C17H20IN. The van der Waals surface area contributed by atoms with E-state index < -0.39 is 0 Å². The number of anilines is 1. The van der Waals surface area contributed by atoms with E-state index in [0.29, 0.717) is 6.04 Å². The first-order valence-corrected chi connectivity index (χ1v) is 7.65. The van der Waals surface area contributed by atoms with Crippen LogP contribution < -0.4 is 5.32 Å². The number of hydrogen-bond donors (Lipinski definition) is 1. The second-order valence-electron chi connectivity index (χ2n) is 5.19. The molecule has 0 heterocycles. The van der Waals surface area contributed by atoms with Gasteiger partial charge < -0.3 is 5.32 Å². The van der Waals surface area contributed by atoms with E-state index in [-0.39, 0.29) is 0 Å². The number of nitrogens with one attached hydrogen (secondary N) is 1. The summed E-state index contributed by atoms with van der Waals surface area (Å²) >= 11 is 2.34. The molecular weight excluding hydrogens is 345 g/mol. The SMILES string of the molecule is Cc1cc(C)c(C(C)Nc2cccc(I)c2)c(C)c1. The minimum atomic E-state index is 0.318. The number of benzene rings is 2. The van der Waals surface area contributed by atoms with Gasteiger partial charge in [-0.05, 0) is 85.2 Å². The molecule has 1 N–H and O–H groups in total. The van der Waals surface area contributed by atoms with E-state index in [1.165, 1.54) is 31.5 Å². The highest BCUT2D eigenvalue weighted by Gasteiger charge is 2.11. The van der Waals surface area contributed by atoms with Crippen molar-refractivity contribution in [1.82, 2.24) is 0 Å². The zero-order chi connectivity index (χ0) is 14.0. The maximum absolute atomic E-state index is 3.60. The fourth-order valence-corrected chi connectivity index (χ4v) is 3.32. The van der Waals surface area contributed by atoms with E-state index >= 15 is 0 Å². The van der Waals surface area contributed by atoms with E-state index in [1.807, 2.05) is 0 Å². The smallest absolute Gasteiger partial charge is 0.0490 e. The molecule has 0 saturated carbocycles. The fraction of sp³-hybridized carbons (Fsp3) is 0.294. The topological polar surface area (TPSA) is 12.0 Å². The average Bonchev–Trinajstić information content (AvgIpc) is 2.27. The Balaban J connectivity index is 2.28. The Morgan fingerprint density at radius 1 is 1.00 bits per heavy atom. The zero-order valence-electron chi connectivity index (χ0n) is 11.9. The highest BCUT2D eigenvalue weighted by atomic mass is 127. The molecule has 19 heavy (non-hydrogen) atoms. The number of hydrogen-bond acceptors (Lipinski definition) is 1. The van der Waals surface area contributed by atoms with Gasteiger partial charge in [0.1, 0.15) is 0 Å². The lowest BCUT2D eigenvalue weighted by atomic mass is 9.95. The van der Waals surface area contributed by atoms with Crippen molar-refractivity contribution < 1.29 is 0 Å². The molecule has 0 aliphatic rings. The van der Waals surface area contributed by atoms with Crippen molar-refractivity contribution in [3.05, 3.63) is 62.2 Å². The van der Waals surface area contributed by atoms with Crippen molar-refractivity contribution in [3.8, 4) is 0 Å². The van der Waals surface area contributed by atoms with Gasteiger partial charge in [-0.3, -0.25) is 0 Å². The third kappa shape index (κ3) is 3.50.